The first-order chi connectivity index (χ1) is 11.7. The van der Waals surface area contributed by atoms with Crippen molar-refractivity contribution in [3.8, 4) is 0 Å². The predicted molar refractivity (Wildman–Crippen MR) is 81.1 cm³/mol. The van der Waals surface area contributed by atoms with Gasteiger partial charge in [0, 0.05) is 11.6 Å². The van der Waals surface area contributed by atoms with Crippen molar-refractivity contribution in [3.63, 3.8) is 0 Å². The Bertz CT molecular complexity index is 797. The molecule has 0 aliphatic rings. The molecule has 0 heterocycles. The molecule has 0 fully saturated rings. The van der Waals surface area contributed by atoms with Gasteiger partial charge >= 0.3 is 0 Å². The van der Waals surface area contributed by atoms with E-state index in [1.807, 2.05) is 0 Å². The number of anilines is 1. The topological polar surface area (TPSA) is 45.7 Å². The van der Waals surface area contributed by atoms with Crippen LogP contribution in [0.4, 0.5) is 27.6 Å². The van der Waals surface area contributed by atoms with Crippen LogP contribution in [-0.4, -0.2) is 11.9 Å². The number of nitrogens with two attached hydrogens (primary N) is 1. The number of benzene rings is 2. The molecule has 0 aliphatic heterocycles. The zero-order valence-electron chi connectivity index (χ0n) is 13.4. The van der Waals surface area contributed by atoms with Crippen LogP contribution in [0.2, 0.25) is 0 Å². The van der Waals surface area contributed by atoms with Crippen LogP contribution in [0.3, 0.4) is 0 Å². The Morgan fingerprint density at radius 2 is 1.64 bits per heavy atom. The third-order valence-corrected chi connectivity index (χ3v) is 3.74. The normalized spacial score (nSPS) is 13.4. The minimum Gasteiger partial charge on any atom is -0.330 e. The molecule has 0 saturated heterocycles. The van der Waals surface area contributed by atoms with Crippen LogP contribution in [0, 0.1) is 29.1 Å². The summed E-state index contributed by atoms with van der Waals surface area (Å²) in [5.41, 5.74) is -0.301. The molecular weight excluding hydrogens is 343 g/mol. The molecule has 2 aromatic rings. The molecule has 2 aromatic carbocycles. The maximum atomic E-state index is 13.7. The van der Waals surface area contributed by atoms with Crippen molar-refractivity contribution in [3.05, 3.63) is 65.0 Å². The SMILES string of the molecule is C[C@H]([NH2+][C@@H](C)c1ccc(F)cc1F)C(=O)Nc1ccc(F)c(F)c1F. The Balaban J connectivity index is 2.06. The fraction of sp³-hybridized carbons (Fsp3) is 0.235. The van der Waals surface area contributed by atoms with E-state index < -0.39 is 52.8 Å². The lowest BCUT2D eigenvalue weighted by Gasteiger charge is -2.17. The summed E-state index contributed by atoms with van der Waals surface area (Å²) in [5.74, 6) is -6.69. The molecule has 0 saturated carbocycles. The maximum absolute atomic E-state index is 13.7. The van der Waals surface area contributed by atoms with Gasteiger partial charge in [-0.2, -0.15) is 0 Å². The molecule has 0 radical (unpaired) electrons. The molecule has 2 atom stereocenters. The van der Waals surface area contributed by atoms with Crippen LogP contribution >= 0.6 is 0 Å². The third kappa shape index (κ3) is 4.33. The second kappa shape index (κ2) is 7.60. The molecule has 1 amide bonds. The number of halogens is 5. The average Bonchev–Trinajstić information content (AvgIpc) is 2.55. The third-order valence-electron chi connectivity index (χ3n) is 3.74. The summed E-state index contributed by atoms with van der Waals surface area (Å²) >= 11 is 0. The van der Waals surface area contributed by atoms with Crippen LogP contribution in [0.5, 0.6) is 0 Å². The van der Waals surface area contributed by atoms with Gasteiger partial charge in [-0.05, 0) is 38.1 Å². The van der Waals surface area contributed by atoms with E-state index in [9.17, 15) is 26.7 Å². The van der Waals surface area contributed by atoms with Gasteiger partial charge in [0.05, 0.1) is 5.69 Å². The monoisotopic (exact) mass is 359 g/mol. The minimum absolute atomic E-state index is 0.194. The van der Waals surface area contributed by atoms with Gasteiger partial charge in [0.1, 0.15) is 17.7 Å². The molecule has 8 heteroatoms. The number of quaternary nitrogens is 1. The second-order valence-electron chi connectivity index (χ2n) is 5.65. The average molecular weight is 359 g/mol. The van der Waals surface area contributed by atoms with Gasteiger partial charge in [0.15, 0.2) is 23.5 Å². The van der Waals surface area contributed by atoms with Crippen LogP contribution in [0.15, 0.2) is 30.3 Å². The Kier molecular flexibility index (Phi) is 5.73. The number of hydrogen-bond acceptors (Lipinski definition) is 1. The van der Waals surface area contributed by atoms with Crippen LogP contribution in [0.1, 0.15) is 25.5 Å². The summed E-state index contributed by atoms with van der Waals surface area (Å²) in [5, 5.41) is 3.63. The molecule has 2 rings (SSSR count). The molecule has 0 unspecified atom stereocenters. The van der Waals surface area contributed by atoms with Gasteiger partial charge in [-0.25, -0.2) is 22.0 Å². The fourth-order valence-electron chi connectivity index (χ4n) is 2.36. The lowest BCUT2D eigenvalue weighted by Crippen LogP contribution is -2.91. The number of carbonyl (C=O) groups excluding carboxylic acids is 1. The zero-order valence-corrected chi connectivity index (χ0v) is 13.4. The number of carbonyl (C=O) groups is 1. The summed E-state index contributed by atoms with van der Waals surface area (Å²) in [6.07, 6.45) is 0. The molecule has 134 valence electrons. The molecular formula is C17H16F5N2O+. The van der Waals surface area contributed by atoms with E-state index in [0.29, 0.717) is 6.07 Å². The second-order valence-corrected chi connectivity index (χ2v) is 5.65. The Morgan fingerprint density at radius 3 is 2.28 bits per heavy atom. The fourth-order valence-corrected chi connectivity index (χ4v) is 2.36. The first kappa shape index (κ1) is 18.9. The van der Waals surface area contributed by atoms with Gasteiger partial charge in [-0.3, -0.25) is 4.79 Å². The maximum Gasteiger partial charge on any atom is 0.282 e. The first-order valence-corrected chi connectivity index (χ1v) is 7.45. The van der Waals surface area contributed by atoms with Crippen molar-refractivity contribution < 1.29 is 32.1 Å². The first-order valence-electron chi connectivity index (χ1n) is 7.45. The standard InChI is InChI=1S/C17H15F5N2O/c1-8(11-4-3-10(18)7-13(11)20)23-9(2)17(25)24-14-6-5-12(19)15(21)16(14)22/h3-9,23H,1-2H3,(H,24,25)/p+1/t8-,9-/m0/s1. The molecule has 0 bridgehead atoms. The van der Waals surface area contributed by atoms with E-state index in [2.05, 4.69) is 5.32 Å². The summed E-state index contributed by atoms with van der Waals surface area (Å²) in [7, 11) is 0. The lowest BCUT2D eigenvalue weighted by atomic mass is 10.1. The Labute approximate surface area is 140 Å². The molecule has 0 spiro atoms. The molecule has 3 nitrogen and oxygen atoms in total. The van der Waals surface area contributed by atoms with E-state index in [1.54, 1.807) is 6.92 Å². The highest BCUT2D eigenvalue weighted by molar-refractivity contribution is 5.93. The molecule has 3 N–H and O–H groups in total. The lowest BCUT2D eigenvalue weighted by molar-refractivity contribution is -0.710. The number of nitrogens with one attached hydrogen (secondary N) is 1. The van der Waals surface area contributed by atoms with Gasteiger partial charge in [-0.1, -0.05) is 0 Å². The van der Waals surface area contributed by atoms with E-state index in [-0.39, 0.29) is 5.56 Å². The highest BCUT2D eigenvalue weighted by atomic mass is 19.2. The number of rotatable bonds is 5. The van der Waals surface area contributed by atoms with Crippen molar-refractivity contribution in [2.45, 2.75) is 25.9 Å². The van der Waals surface area contributed by atoms with Crippen LogP contribution in [-0.2, 0) is 4.79 Å². The summed E-state index contributed by atoms with van der Waals surface area (Å²) < 4.78 is 66.3. The highest BCUT2D eigenvalue weighted by Gasteiger charge is 2.24. The number of hydrogen-bond donors (Lipinski definition) is 2. The predicted octanol–water partition coefficient (Wildman–Crippen LogP) is 3.03. The minimum atomic E-state index is -1.68. The van der Waals surface area contributed by atoms with Crippen molar-refractivity contribution in [2.75, 3.05) is 5.32 Å². The van der Waals surface area contributed by atoms with E-state index in [1.165, 1.54) is 18.3 Å². The van der Waals surface area contributed by atoms with Crippen molar-refractivity contribution in [1.29, 1.82) is 0 Å². The zero-order chi connectivity index (χ0) is 18.7. The smallest absolute Gasteiger partial charge is 0.282 e. The van der Waals surface area contributed by atoms with Crippen molar-refractivity contribution >= 4 is 11.6 Å². The Hall–Kier alpha value is -2.48. The van der Waals surface area contributed by atoms with E-state index in [4.69, 9.17) is 0 Å². The largest absolute Gasteiger partial charge is 0.330 e. The van der Waals surface area contributed by atoms with E-state index in [0.717, 1.165) is 18.2 Å². The molecule has 0 aliphatic carbocycles. The van der Waals surface area contributed by atoms with Gasteiger partial charge in [0.25, 0.3) is 5.91 Å². The van der Waals surface area contributed by atoms with Crippen molar-refractivity contribution in [2.24, 2.45) is 0 Å². The summed E-state index contributed by atoms with van der Waals surface area (Å²) in [4.78, 5) is 12.1. The van der Waals surface area contributed by atoms with Crippen LogP contribution in [0.25, 0.3) is 0 Å². The molecule has 25 heavy (non-hydrogen) atoms. The summed E-state index contributed by atoms with van der Waals surface area (Å²) in [6.45, 7) is 3.09. The van der Waals surface area contributed by atoms with Crippen LogP contribution < -0.4 is 10.6 Å². The van der Waals surface area contributed by atoms with Gasteiger partial charge in [-0.15, -0.1) is 0 Å². The van der Waals surface area contributed by atoms with Gasteiger partial charge < -0.3 is 10.6 Å². The quantitative estimate of drug-likeness (QED) is 0.626. The van der Waals surface area contributed by atoms with E-state index >= 15 is 0 Å². The molecule has 0 aromatic heterocycles. The number of amides is 1. The Morgan fingerprint density at radius 1 is 0.960 bits per heavy atom. The van der Waals surface area contributed by atoms with Crippen molar-refractivity contribution in [1.82, 2.24) is 0 Å². The highest BCUT2D eigenvalue weighted by Crippen LogP contribution is 2.20. The van der Waals surface area contributed by atoms with Gasteiger partial charge in [0.2, 0.25) is 0 Å². The summed E-state index contributed by atoms with van der Waals surface area (Å²) in [6, 6.07) is 3.37.